The number of carbonyl (C=O) groups excluding carboxylic acids is 1. The third-order valence-corrected chi connectivity index (χ3v) is 4.54. The van der Waals surface area contributed by atoms with Gasteiger partial charge < -0.3 is 15.4 Å². The van der Waals surface area contributed by atoms with Crippen LogP contribution < -0.4 is 20.5 Å². The Labute approximate surface area is 157 Å². The minimum Gasteiger partial charge on any atom is -0.493 e. The van der Waals surface area contributed by atoms with Crippen molar-refractivity contribution in [1.82, 2.24) is 0 Å². The Kier molecular flexibility index (Phi) is 7.14. The summed E-state index contributed by atoms with van der Waals surface area (Å²) in [6.45, 7) is 2.40. The Morgan fingerprint density at radius 3 is 2.48 bits per heavy atom. The molecule has 0 aliphatic heterocycles. The van der Waals surface area contributed by atoms with Gasteiger partial charge >= 0.3 is 0 Å². The van der Waals surface area contributed by atoms with Crippen molar-refractivity contribution in [1.29, 1.82) is 0 Å². The monoisotopic (exact) mass is 395 g/mol. The van der Waals surface area contributed by atoms with Crippen LogP contribution in [0.15, 0.2) is 47.4 Å². The molecule has 1 amide bonds. The molecule has 7 nitrogen and oxygen atoms in total. The van der Waals surface area contributed by atoms with Crippen LogP contribution >= 0.6 is 0 Å². The number of ether oxygens (including phenoxy) is 1. The van der Waals surface area contributed by atoms with Crippen molar-refractivity contribution in [3.8, 4) is 5.75 Å². The molecule has 0 bridgehead atoms. The van der Waals surface area contributed by atoms with E-state index in [-0.39, 0.29) is 17.1 Å². The number of nitrogens with one attached hydrogen (secondary N) is 2. The van der Waals surface area contributed by atoms with E-state index in [2.05, 4.69) is 10.6 Å². The van der Waals surface area contributed by atoms with Crippen LogP contribution in [-0.2, 0) is 14.8 Å². The van der Waals surface area contributed by atoms with Crippen LogP contribution in [0.1, 0.15) is 19.8 Å². The number of nitrogens with two attached hydrogens (primary N) is 1. The van der Waals surface area contributed by atoms with E-state index in [4.69, 9.17) is 9.88 Å². The minimum atomic E-state index is -3.79. The highest BCUT2D eigenvalue weighted by Gasteiger charge is 2.09. The fraction of sp³-hybridized carbons (Fsp3) is 0.278. The maximum atomic E-state index is 14.0. The number of amides is 1. The lowest BCUT2D eigenvalue weighted by atomic mass is 10.2. The van der Waals surface area contributed by atoms with Crippen LogP contribution in [0.2, 0.25) is 0 Å². The number of unbranched alkanes of at least 4 members (excludes halogenated alkanes) is 1. The van der Waals surface area contributed by atoms with E-state index in [1.165, 1.54) is 36.4 Å². The molecule has 0 radical (unpaired) electrons. The number of sulfonamides is 1. The van der Waals surface area contributed by atoms with E-state index >= 15 is 0 Å². The molecule has 0 saturated heterocycles. The Balaban J connectivity index is 1.88. The van der Waals surface area contributed by atoms with E-state index in [1.54, 1.807) is 6.07 Å². The Bertz CT molecular complexity index is 886. The molecule has 0 saturated carbocycles. The van der Waals surface area contributed by atoms with Crippen molar-refractivity contribution in [2.24, 2.45) is 5.14 Å². The Morgan fingerprint density at radius 1 is 1.19 bits per heavy atom. The molecule has 9 heteroatoms. The predicted octanol–water partition coefficient (Wildman–Crippen LogP) is 2.70. The van der Waals surface area contributed by atoms with Crippen molar-refractivity contribution in [3.05, 3.63) is 48.3 Å². The Morgan fingerprint density at radius 2 is 1.89 bits per heavy atom. The third kappa shape index (κ3) is 6.54. The second kappa shape index (κ2) is 9.33. The average molecular weight is 395 g/mol. The number of benzene rings is 2. The summed E-state index contributed by atoms with van der Waals surface area (Å²) in [6.07, 6.45) is 1.88. The standard InChI is InChI=1S/C18H22FN3O4S/c1-2-3-10-26-14-6-9-17(16(19)11-14)21-12-18(23)22-13-4-7-15(8-5-13)27(20,24)25/h4-9,11,21H,2-3,10,12H2,1H3,(H,22,23)(H2,20,24,25). The molecule has 0 spiro atoms. The maximum absolute atomic E-state index is 14.0. The number of rotatable bonds is 9. The van der Waals surface area contributed by atoms with Crippen LogP contribution in [0.4, 0.5) is 15.8 Å². The van der Waals surface area contributed by atoms with Crippen LogP contribution in [0.3, 0.4) is 0 Å². The first kappa shape index (κ1) is 20.7. The molecule has 2 aromatic rings. The van der Waals surface area contributed by atoms with Crippen molar-refractivity contribution in [2.75, 3.05) is 23.8 Å². The molecule has 0 aromatic heterocycles. The summed E-state index contributed by atoms with van der Waals surface area (Å²) in [5.41, 5.74) is 0.576. The largest absolute Gasteiger partial charge is 0.493 e. The van der Waals surface area contributed by atoms with Gasteiger partial charge in [-0.2, -0.15) is 0 Å². The van der Waals surface area contributed by atoms with E-state index in [1.807, 2.05) is 6.92 Å². The Hall–Kier alpha value is -2.65. The quantitative estimate of drug-likeness (QED) is 0.566. The lowest BCUT2D eigenvalue weighted by Gasteiger charge is -2.11. The molecular formula is C18H22FN3O4S. The van der Waals surface area contributed by atoms with Crippen LogP contribution in [-0.4, -0.2) is 27.5 Å². The van der Waals surface area contributed by atoms with Gasteiger partial charge in [-0.15, -0.1) is 0 Å². The van der Waals surface area contributed by atoms with Crippen molar-refractivity contribution >= 4 is 27.3 Å². The summed E-state index contributed by atoms with van der Waals surface area (Å²) in [7, 11) is -3.79. The molecular weight excluding hydrogens is 373 g/mol. The number of anilines is 2. The van der Waals surface area contributed by atoms with Crippen LogP contribution in [0.5, 0.6) is 5.75 Å². The van der Waals surface area contributed by atoms with Gasteiger partial charge in [0.1, 0.15) is 11.6 Å². The van der Waals surface area contributed by atoms with Gasteiger partial charge in [-0.1, -0.05) is 13.3 Å². The third-order valence-electron chi connectivity index (χ3n) is 3.61. The first-order valence-electron chi connectivity index (χ1n) is 8.38. The van der Waals surface area contributed by atoms with E-state index in [0.29, 0.717) is 18.0 Å². The second-order valence-electron chi connectivity index (χ2n) is 5.81. The second-order valence-corrected chi connectivity index (χ2v) is 7.38. The SMILES string of the molecule is CCCCOc1ccc(NCC(=O)Nc2ccc(S(N)(=O)=O)cc2)c(F)c1. The summed E-state index contributed by atoms with van der Waals surface area (Å²) in [5.74, 6) is -0.499. The zero-order valence-electron chi connectivity index (χ0n) is 14.9. The topological polar surface area (TPSA) is 111 Å². The highest BCUT2D eigenvalue weighted by atomic mass is 32.2. The highest BCUT2D eigenvalue weighted by Crippen LogP contribution is 2.21. The zero-order chi connectivity index (χ0) is 19.9. The molecule has 146 valence electrons. The molecule has 0 aliphatic carbocycles. The van der Waals surface area contributed by atoms with Crippen LogP contribution in [0.25, 0.3) is 0 Å². The predicted molar refractivity (Wildman–Crippen MR) is 102 cm³/mol. The van der Waals surface area contributed by atoms with Gasteiger partial charge in [-0.05, 0) is 42.8 Å². The molecule has 0 heterocycles. The van der Waals surface area contributed by atoms with Gasteiger partial charge in [-0.25, -0.2) is 17.9 Å². The van der Waals surface area contributed by atoms with Crippen molar-refractivity contribution < 1.29 is 22.3 Å². The molecule has 0 atom stereocenters. The highest BCUT2D eigenvalue weighted by molar-refractivity contribution is 7.89. The average Bonchev–Trinajstić information content (AvgIpc) is 2.61. The molecule has 0 aliphatic rings. The number of hydrogen-bond acceptors (Lipinski definition) is 5. The van der Waals surface area contributed by atoms with Crippen molar-refractivity contribution in [2.45, 2.75) is 24.7 Å². The number of hydrogen-bond donors (Lipinski definition) is 3. The van der Waals surface area contributed by atoms with Gasteiger partial charge in [0.15, 0.2) is 0 Å². The summed E-state index contributed by atoms with van der Waals surface area (Å²) in [5, 5.41) is 10.3. The molecule has 27 heavy (non-hydrogen) atoms. The number of halogens is 1. The zero-order valence-corrected chi connectivity index (χ0v) is 15.7. The molecule has 4 N–H and O–H groups in total. The van der Waals surface area contributed by atoms with E-state index in [9.17, 15) is 17.6 Å². The number of primary sulfonamides is 1. The fourth-order valence-electron chi connectivity index (χ4n) is 2.17. The van der Waals surface area contributed by atoms with Gasteiger partial charge in [0.05, 0.1) is 23.7 Å². The smallest absolute Gasteiger partial charge is 0.243 e. The van der Waals surface area contributed by atoms with Gasteiger partial charge in [0, 0.05) is 11.8 Å². The molecule has 0 fully saturated rings. The first-order valence-corrected chi connectivity index (χ1v) is 9.93. The lowest BCUT2D eigenvalue weighted by Crippen LogP contribution is -2.22. The lowest BCUT2D eigenvalue weighted by molar-refractivity contribution is -0.114. The summed E-state index contributed by atoms with van der Waals surface area (Å²) in [4.78, 5) is 11.9. The molecule has 2 rings (SSSR count). The normalized spacial score (nSPS) is 11.1. The molecule has 0 unspecified atom stereocenters. The summed E-state index contributed by atoms with van der Waals surface area (Å²) in [6, 6.07) is 9.81. The van der Waals surface area contributed by atoms with Gasteiger partial charge in [0.25, 0.3) is 0 Å². The summed E-state index contributed by atoms with van der Waals surface area (Å²) >= 11 is 0. The van der Waals surface area contributed by atoms with Crippen molar-refractivity contribution in [3.63, 3.8) is 0 Å². The van der Waals surface area contributed by atoms with E-state index in [0.717, 1.165) is 12.8 Å². The maximum Gasteiger partial charge on any atom is 0.243 e. The molecule has 2 aromatic carbocycles. The fourth-order valence-corrected chi connectivity index (χ4v) is 2.69. The first-order chi connectivity index (χ1) is 12.8. The van der Waals surface area contributed by atoms with Gasteiger partial charge in [-0.3, -0.25) is 4.79 Å². The number of carbonyl (C=O) groups is 1. The minimum absolute atomic E-state index is 0.0538. The van der Waals surface area contributed by atoms with Crippen LogP contribution in [0, 0.1) is 5.82 Å². The summed E-state index contributed by atoms with van der Waals surface area (Å²) < 4.78 is 41.9. The van der Waals surface area contributed by atoms with E-state index < -0.39 is 21.7 Å². The van der Waals surface area contributed by atoms with Gasteiger partial charge in [0.2, 0.25) is 15.9 Å².